The zero-order valence-electron chi connectivity index (χ0n) is 6.51. The van der Waals surface area contributed by atoms with Gasteiger partial charge in [-0.2, -0.15) is 0 Å². The van der Waals surface area contributed by atoms with Gasteiger partial charge in [0.25, 0.3) is 6.26 Å². The number of hydrogen-bond donors (Lipinski definition) is 1. The van der Waals surface area contributed by atoms with Crippen LogP contribution in [0, 0.1) is 18.4 Å². The number of aromatic nitrogens is 2. The summed E-state index contributed by atoms with van der Waals surface area (Å²) in [4.78, 5) is 6.99. The second-order valence-corrected chi connectivity index (χ2v) is 2.14. The van der Waals surface area contributed by atoms with Gasteiger partial charge in [0.2, 0.25) is 5.88 Å². The van der Waals surface area contributed by atoms with Crippen LogP contribution < -0.4 is 4.74 Å². The molecule has 1 aromatic rings. The molecule has 0 radical (unpaired) electrons. The summed E-state index contributed by atoms with van der Waals surface area (Å²) in [5.41, 5.74) is 0.725. The molecule has 4 nitrogen and oxygen atoms in total. The lowest BCUT2D eigenvalue weighted by Gasteiger charge is -1.88. The number of hydrogen-bond acceptors (Lipinski definition) is 3. The van der Waals surface area contributed by atoms with Gasteiger partial charge in [0, 0.05) is 6.42 Å². The standard InChI is InChI=1S/C7H9N3O/c1-3-6-9-5(2)7(10-6)11-4-8/h3H2,1-2H3,(H,9,10). The molecule has 0 atom stereocenters. The van der Waals surface area contributed by atoms with Crippen molar-refractivity contribution in [3.63, 3.8) is 0 Å². The van der Waals surface area contributed by atoms with E-state index in [2.05, 4.69) is 14.7 Å². The molecule has 1 aromatic heterocycles. The first-order valence-electron chi connectivity index (χ1n) is 3.39. The van der Waals surface area contributed by atoms with Crippen molar-refractivity contribution < 1.29 is 4.74 Å². The maximum atomic E-state index is 8.21. The zero-order chi connectivity index (χ0) is 8.27. The smallest absolute Gasteiger partial charge is 0.293 e. The molecule has 1 rings (SSSR count). The number of aromatic amines is 1. The highest BCUT2D eigenvalue weighted by atomic mass is 16.5. The molecule has 0 unspecified atom stereocenters. The lowest BCUT2D eigenvalue weighted by Crippen LogP contribution is -1.84. The van der Waals surface area contributed by atoms with Crippen LogP contribution in [0.5, 0.6) is 5.88 Å². The van der Waals surface area contributed by atoms with Crippen molar-refractivity contribution in [1.82, 2.24) is 9.97 Å². The van der Waals surface area contributed by atoms with Gasteiger partial charge in [-0.1, -0.05) is 6.92 Å². The van der Waals surface area contributed by atoms with Gasteiger partial charge >= 0.3 is 0 Å². The Kier molecular flexibility index (Phi) is 2.12. The first kappa shape index (κ1) is 7.61. The number of nitrogens with one attached hydrogen (secondary N) is 1. The van der Waals surface area contributed by atoms with Crippen LogP contribution in [-0.2, 0) is 6.42 Å². The highest BCUT2D eigenvalue weighted by Gasteiger charge is 2.04. The Bertz CT molecular complexity index is 284. The molecule has 0 fully saturated rings. The zero-order valence-corrected chi connectivity index (χ0v) is 6.51. The Balaban J connectivity index is 2.90. The summed E-state index contributed by atoms with van der Waals surface area (Å²) >= 11 is 0. The Hall–Kier alpha value is -1.50. The highest BCUT2D eigenvalue weighted by molar-refractivity contribution is 5.20. The quantitative estimate of drug-likeness (QED) is 0.644. The average Bonchev–Trinajstić information content (AvgIpc) is 2.33. The lowest BCUT2D eigenvalue weighted by atomic mass is 10.5. The number of H-pyrrole nitrogens is 1. The Morgan fingerprint density at radius 2 is 2.45 bits per heavy atom. The molecule has 0 saturated heterocycles. The van der Waals surface area contributed by atoms with Gasteiger partial charge in [-0.05, 0) is 6.92 Å². The minimum absolute atomic E-state index is 0.448. The molecule has 1 N–H and O–H groups in total. The van der Waals surface area contributed by atoms with E-state index in [1.165, 1.54) is 0 Å². The van der Waals surface area contributed by atoms with Crippen LogP contribution in [0.4, 0.5) is 0 Å². The Morgan fingerprint density at radius 3 is 2.91 bits per heavy atom. The van der Waals surface area contributed by atoms with Crippen molar-refractivity contribution >= 4 is 0 Å². The third-order valence-electron chi connectivity index (χ3n) is 1.37. The van der Waals surface area contributed by atoms with Crippen molar-refractivity contribution in [3.8, 4) is 12.1 Å². The van der Waals surface area contributed by atoms with Crippen LogP contribution in [0.2, 0.25) is 0 Å². The number of ether oxygens (including phenoxy) is 1. The maximum absolute atomic E-state index is 8.21. The fraction of sp³-hybridized carbons (Fsp3) is 0.429. The maximum Gasteiger partial charge on any atom is 0.293 e. The minimum atomic E-state index is 0.448. The van der Waals surface area contributed by atoms with Crippen molar-refractivity contribution in [1.29, 1.82) is 5.26 Å². The minimum Gasteiger partial charge on any atom is -0.367 e. The van der Waals surface area contributed by atoms with Crippen LogP contribution in [0.15, 0.2) is 0 Å². The summed E-state index contributed by atoms with van der Waals surface area (Å²) in [6.07, 6.45) is 2.41. The van der Waals surface area contributed by atoms with Gasteiger partial charge < -0.3 is 9.72 Å². The number of nitrogens with zero attached hydrogens (tertiary/aromatic N) is 2. The summed E-state index contributed by atoms with van der Waals surface area (Å²) in [6, 6.07) is 0. The van der Waals surface area contributed by atoms with Crippen LogP contribution in [-0.4, -0.2) is 9.97 Å². The van der Waals surface area contributed by atoms with E-state index in [1.807, 2.05) is 6.92 Å². The molecule has 11 heavy (non-hydrogen) atoms. The molecule has 0 aliphatic rings. The molecule has 0 aliphatic heterocycles. The topological polar surface area (TPSA) is 61.7 Å². The summed E-state index contributed by atoms with van der Waals surface area (Å²) in [5, 5.41) is 8.21. The van der Waals surface area contributed by atoms with Gasteiger partial charge in [0.15, 0.2) is 0 Å². The number of nitriles is 1. The molecule has 0 aliphatic carbocycles. The van der Waals surface area contributed by atoms with E-state index >= 15 is 0 Å². The molecule has 0 bridgehead atoms. The summed E-state index contributed by atoms with van der Waals surface area (Å²) < 4.78 is 4.61. The molecule has 0 aromatic carbocycles. The second kappa shape index (κ2) is 3.06. The average molecular weight is 151 g/mol. The SMILES string of the molecule is CCc1nc(C)c(OC#N)[nH]1. The first-order chi connectivity index (χ1) is 5.27. The van der Waals surface area contributed by atoms with E-state index in [0.29, 0.717) is 5.88 Å². The van der Waals surface area contributed by atoms with Gasteiger partial charge in [-0.25, -0.2) is 4.98 Å². The third-order valence-corrected chi connectivity index (χ3v) is 1.37. The highest BCUT2D eigenvalue weighted by Crippen LogP contribution is 2.13. The van der Waals surface area contributed by atoms with Crippen molar-refractivity contribution in [2.24, 2.45) is 0 Å². The van der Waals surface area contributed by atoms with Gasteiger partial charge in [0.05, 0.1) is 0 Å². The monoisotopic (exact) mass is 151 g/mol. The molecule has 0 spiro atoms. The van der Waals surface area contributed by atoms with E-state index in [-0.39, 0.29) is 0 Å². The van der Waals surface area contributed by atoms with Crippen molar-refractivity contribution in [2.75, 3.05) is 0 Å². The van der Waals surface area contributed by atoms with E-state index in [4.69, 9.17) is 5.26 Å². The largest absolute Gasteiger partial charge is 0.367 e. The summed E-state index contributed by atoms with van der Waals surface area (Å²) in [7, 11) is 0. The number of imidazole rings is 1. The van der Waals surface area contributed by atoms with Crippen molar-refractivity contribution in [3.05, 3.63) is 11.5 Å². The predicted molar refractivity (Wildman–Crippen MR) is 38.9 cm³/mol. The molecule has 0 saturated carbocycles. The van der Waals surface area contributed by atoms with Gasteiger partial charge in [-0.15, -0.1) is 5.26 Å². The van der Waals surface area contributed by atoms with E-state index < -0.39 is 0 Å². The lowest BCUT2D eigenvalue weighted by molar-refractivity contribution is 0.484. The van der Waals surface area contributed by atoms with E-state index in [1.54, 1.807) is 13.2 Å². The predicted octanol–water partition coefficient (Wildman–Crippen LogP) is 1.14. The molecule has 4 heteroatoms. The molecular weight excluding hydrogens is 142 g/mol. The van der Waals surface area contributed by atoms with Gasteiger partial charge in [-0.3, -0.25) is 0 Å². The van der Waals surface area contributed by atoms with Crippen LogP contribution in [0.3, 0.4) is 0 Å². The van der Waals surface area contributed by atoms with Crippen LogP contribution >= 0.6 is 0 Å². The van der Waals surface area contributed by atoms with E-state index in [0.717, 1.165) is 17.9 Å². The Labute approximate surface area is 64.8 Å². The number of rotatable bonds is 2. The second-order valence-electron chi connectivity index (χ2n) is 2.14. The first-order valence-corrected chi connectivity index (χ1v) is 3.39. The Morgan fingerprint density at radius 1 is 1.73 bits per heavy atom. The number of aryl methyl sites for hydroxylation is 2. The molecule has 1 heterocycles. The summed E-state index contributed by atoms with van der Waals surface area (Å²) in [6.45, 7) is 3.77. The molecular formula is C7H9N3O. The fourth-order valence-electron chi connectivity index (χ4n) is 0.815. The fourth-order valence-corrected chi connectivity index (χ4v) is 0.815. The van der Waals surface area contributed by atoms with Crippen molar-refractivity contribution in [2.45, 2.75) is 20.3 Å². The molecule has 0 amide bonds. The summed E-state index contributed by atoms with van der Waals surface area (Å²) in [5.74, 6) is 1.29. The van der Waals surface area contributed by atoms with Gasteiger partial charge in [0.1, 0.15) is 11.5 Å². The van der Waals surface area contributed by atoms with Crippen LogP contribution in [0.25, 0.3) is 0 Å². The molecule has 58 valence electrons. The normalized spacial score (nSPS) is 9.18. The van der Waals surface area contributed by atoms with E-state index in [9.17, 15) is 0 Å². The van der Waals surface area contributed by atoms with Crippen LogP contribution in [0.1, 0.15) is 18.4 Å². The third kappa shape index (κ3) is 1.49.